The van der Waals surface area contributed by atoms with Crippen LogP contribution < -0.4 is 5.32 Å². The predicted octanol–water partition coefficient (Wildman–Crippen LogP) is 2.27. The van der Waals surface area contributed by atoms with Crippen LogP contribution in [0.5, 0.6) is 0 Å². The predicted molar refractivity (Wildman–Crippen MR) is 80.3 cm³/mol. The second-order valence-electron chi connectivity index (χ2n) is 5.89. The molecule has 0 bridgehead atoms. The number of amides is 1. The first-order valence-corrected chi connectivity index (χ1v) is 6.88. The van der Waals surface area contributed by atoms with Crippen molar-refractivity contribution in [3.8, 4) is 6.07 Å². The molecule has 1 amide bonds. The lowest BCUT2D eigenvalue weighted by atomic mass is 10.0. The quantitative estimate of drug-likeness (QED) is 0.869. The highest BCUT2D eigenvalue weighted by Gasteiger charge is 2.24. The van der Waals surface area contributed by atoms with Gasteiger partial charge in [-0.3, -0.25) is 0 Å². The van der Waals surface area contributed by atoms with E-state index >= 15 is 0 Å². The third-order valence-electron chi connectivity index (χ3n) is 2.74. The zero-order chi connectivity index (χ0) is 16.8. The standard InChI is InChI=1S/C16H20N2O4/c1-16(2,3)22-15(21)18-13(14(19)20)10-12-6-4-11(5-7-12)8-9-17/h4-7,13H,8,10H2,1-3H3,(H,18,21)(H,19,20)/t13-/m1/s1. The molecule has 1 atom stereocenters. The van der Waals surface area contributed by atoms with Crippen LogP contribution in [0, 0.1) is 11.3 Å². The molecule has 6 heteroatoms. The average molecular weight is 304 g/mol. The van der Waals surface area contributed by atoms with Crippen LogP contribution in [0.15, 0.2) is 24.3 Å². The van der Waals surface area contributed by atoms with Crippen molar-refractivity contribution in [1.29, 1.82) is 5.26 Å². The molecule has 22 heavy (non-hydrogen) atoms. The molecule has 0 heterocycles. The van der Waals surface area contributed by atoms with E-state index in [0.717, 1.165) is 11.1 Å². The van der Waals surface area contributed by atoms with Crippen LogP contribution in [-0.2, 0) is 22.4 Å². The Morgan fingerprint density at radius 1 is 1.27 bits per heavy atom. The number of carbonyl (C=O) groups is 2. The maximum atomic E-state index is 11.7. The van der Waals surface area contributed by atoms with E-state index in [1.807, 2.05) is 6.07 Å². The van der Waals surface area contributed by atoms with E-state index in [9.17, 15) is 14.7 Å². The van der Waals surface area contributed by atoms with E-state index in [2.05, 4.69) is 5.32 Å². The van der Waals surface area contributed by atoms with E-state index in [1.165, 1.54) is 0 Å². The Morgan fingerprint density at radius 3 is 2.27 bits per heavy atom. The van der Waals surface area contributed by atoms with Crippen molar-refractivity contribution < 1.29 is 19.4 Å². The van der Waals surface area contributed by atoms with Gasteiger partial charge < -0.3 is 15.2 Å². The molecule has 1 rings (SSSR count). The number of hydrogen-bond acceptors (Lipinski definition) is 4. The fourth-order valence-electron chi connectivity index (χ4n) is 1.77. The van der Waals surface area contributed by atoms with Crippen molar-refractivity contribution in [1.82, 2.24) is 5.32 Å². The smallest absolute Gasteiger partial charge is 0.408 e. The monoisotopic (exact) mass is 304 g/mol. The van der Waals surface area contributed by atoms with Gasteiger partial charge in [-0.15, -0.1) is 0 Å². The van der Waals surface area contributed by atoms with E-state index in [-0.39, 0.29) is 6.42 Å². The summed E-state index contributed by atoms with van der Waals surface area (Å²) >= 11 is 0. The van der Waals surface area contributed by atoms with Crippen molar-refractivity contribution >= 4 is 12.1 Å². The molecule has 0 aliphatic carbocycles. The number of nitrogens with one attached hydrogen (secondary N) is 1. The number of carbonyl (C=O) groups excluding carboxylic acids is 1. The van der Waals surface area contributed by atoms with Crippen LogP contribution in [0.25, 0.3) is 0 Å². The molecule has 0 aliphatic rings. The first kappa shape index (κ1) is 17.5. The molecular weight excluding hydrogens is 284 g/mol. The summed E-state index contributed by atoms with van der Waals surface area (Å²) in [4.78, 5) is 22.9. The van der Waals surface area contributed by atoms with Gasteiger partial charge in [-0.25, -0.2) is 9.59 Å². The van der Waals surface area contributed by atoms with Gasteiger partial charge in [0.2, 0.25) is 0 Å². The highest BCUT2D eigenvalue weighted by molar-refractivity contribution is 5.80. The largest absolute Gasteiger partial charge is 0.480 e. The van der Waals surface area contributed by atoms with Gasteiger partial charge in [0.1, 0.15) is 11.6 Å². The summed E-state index contributed by atoms with van der Waals surface area (Å²) in [6.07, 6.45) is -0.318. The van der Waals surface area contributed by atoms with Gasteiger partial charge in [-0.2, -0.15) is 5.26 Å². The maximum Gasteiger partial charge on any atom is 0.408 e. The number of hydrogen-bond donors (Lipinski definition) is 2. The van der Waals surface area contributed by atoms with Crippen molar-refractivity contribution in [2.24, 2.45) is 0 Å². The molecule has 2 N–H and O–H groups in total. The number of nitrogens with zero attached hydrogens (tertiary/aromatic N) is 1. The lowest BCUT2D eigenvalue weighted by molar-refractivity contribution is -0.139. The molecule has 0 saturated carbocycles. The molecule has 1 aromatic carbocycles. The topological polar surface area (TPSA) is 99.4 Å². The summed E-state index contributed by atoms with van der Waals surface area (Å²) in [5, 5.41) is 20.2. The Balaban J connectivity index is 2.70. The molecule has 1 aromatic rings. The number of rotatable bonds is 5. The van der Waals surface area contributed by atoms with E-state index in [1.54, 1.807) is 45.0 Å². The molecule has 0 fully saturated rings. The molecule has 0 aromatic heterocycles. The van der Waals surface area contributed by atoms with Crippen LogP contribution in [0.1, 0.15) is 31.9 Å². The lowest BCUT2D eigenvalue weighted by Gasteiger charge is -2.22. The van der Waals surface area contributed by atoms with Gasteiger partial charge in [0.05, 0.1) is 12.5 Å². The number of carboxylic acid groups (broad SMARTS) is 1. The Hall–Kier alpha value is -2.55. The zero-order valence-corrected chi connectivity index (χ0v) is 12.9. The number of aliphatic carboxylic acids is 1. The van der Waals surface area contributed by atoms with Crippen LogP contribution in [0.3, 0.4) is 0 Å². The summed E-state index contributed by atoms with van der Waals surface area (Å²) in [5.41, 5.74) is 0.926. The first-order chi connectivity index (χ1) is 10.2. The second kappa shape index (κ2) is 7.46. The highest BCUT2D eigenvalue weighted by Crippen LogP contribution is 2.10. The van der Waals surface area contributed by atoms with Gasteiger partial charge in [0, 0.05) is 6.42 Å². The molecule has 0 unspecified atom stereocenters. The fraction of sp³-hybridized carbons (Fsp3) is 0.438. The van der Waals surface area contributed by atoms with Crippen LogP contribution in [-0.4, -0.2) is 28.8 Å². The molecular formula is C16H20N2O4. The molecule has 0 spiro atoms. The third kappa shape index (κ3) is 6.27. The number of benzene rings is 1. The Bertz CT molecular complexity index is 567. The van der Waals surface area contributed by atoms with Gasteiger partial charge in [-0.05, 0) is 31.9 Å². The lowest BCUT2D eigenvalue weighted by Crippen LogP contribution is -2.44. The van der Waals surface area contributed by atoms with Crippen LogP contribution in [0.4, 0.5) is 4.79 Å². The van der Waals surface area contributed by atoms with Gasteiger partial charge in [-0.1, -0.05) is 24.3 Å². The van der Waals surface area contributed by atoms with Gasteiger partial charge in [0.15, 0.2) is 0 Å². The molecule has 118 valence electrons. The average Bonchev–Trinajstić information content (AvgIpc) is 2.38. The third-order valence-corrected chi connectivity index (χ3v) is 2.74. The van der Waals surface area contributed by atoms with Crippen LogP contribution >= 0.6 is 0 Å². The Kier molecular flexibility index (Phi) is 5.93. The minimum Gasteiger partial charge on any atom is -0.480 e. The SMILES string of the molecule is CC(C)(C)OC(=O)N[C@H](Cc1ccc(CC#N)cc1)C(=O)O. The summed E-state index contributed by atoms with van der Waals surface area (Å²) in [6.45, 7) is 5.11. The minimum absolute atomic E-state index is 0.140. The Labute approximate surface area is 129 Å². The fourth-order valence-corrected chi connectivity index (χ4v) is 1.77. The number of ether oxygens (including phenoxy) is 1. The normalized spacial score (nSPS) is 12.1. The Morgan fingerprint density at radius 2 is 1.82 bits per heavy atom. The van der Waals surface area contributed by atoms with Crippen molar-refractivity contribution in [3.05, 3.63) is 35.4 Å². The molecule has 0 aliphatic heterocycles. The van der Waals surface area contributed by atoms with Gasteiger partial charge in [0.25, 0.3) is 0 Å². The first-order valence-electron chi connectivity index (χ1n) is 6.88. The number of nitriles is 1. The van der Waals surface area contributed by atoms with Crippen LogP contribution in [0.2, 0.25) is 0 Å². The van der Waals surface area contributed by atoms with E-state index in [0.29, 0.717) is 6.42 Å². The summed E-state index contributed by atoms with van der Waals surface area (Å²) in [5.74, 6) is -1.13. The van der Waals surface area contributed by atoms with E-state index in [4.69, 9.17) is 10.00 Å². The van der Waals surface area contributed by atoms with Crippen molar-refractivity contribution in [2.75, 3.05) is 0 Å². The molecule has 0 saturated heterocycles. The highest BCUT2D eigenvalue weighted by atomic mass is 16.6. The zero-order valence-electron chi connectivity index (χ0n) is 12.9. The maximum absolute atomic E-state index is 11.7. The summed E-state index contributed by atoms with van der Waals surface area (Å²) in [7, 11) is 0. The molecule has 0 radical (unpaired) electrons. The minimum atomic E-state index is -1.13. The number of carboxylic acids is 1. The summed E-state index contributed by atoms with van der Waals surface area (Å²) in [6, 6.07) is 8.01. The van der Waals surface area contributed by atoms with Crippen molar-refractivity contribution in [2.45, 2.75) is 45.3 Å². The number of alkyl carbamates (subject to hydrolysis) is 1. The summed E-state index contributed by atoms with van der Waals surface area (Å²) < 4.78 is 5.06. The molecule has 6 nitrogen and oxygen atoms in total. The second-order valence-corrected chi connectivity index (χ2v) is 5.89. The van der Waals surface area contributed by atoms with Gasteiger partial charge >= 0.3 is 12.1 Å². The van der Waals surface area contributed by atoms with E-state index < -0.39 is 23.7 Å². The van der Waals surface area contributed by atoms with Crippen molar-refractivity contribution in [3.63, 3.8) is 0 Å².